The number of ether oxygens (including phenoxy) is 2. The van der Waals surface area contributed by atoms with Crippen molar-refractivity contribution >= 4 is 17.3 Å². The third-order valence-corrected chi connectivity index (χ3v) is 6.72. The van der Waals surface area contributed by atoms with E-state index in [1.807, 2.05) is 24.3 Å². The molecule has 0 unspecified atom stereocenters. The second kappa shape index (κ2) is 7.77. The number of benzene rings is 3. The van der Waals surface area contributed by atoms with E-state index in [0.717, 1.165) is 25.1 Å². The fourth-order valence-corrected chi connectivity index (χ4v) is 4.76. The van der Waals surface area contributed by atoms with Gasteiger partial charge < -0.3 is 14.4 Å². The van der Waals surface area contributed by atoms with Gasteiger partial charge in [-0.05, 0) is 78.1 Å². The minimum atomic E-state index is -0.285. The molecule has 3 aromatic carbocycles. The molecule has 4 heteroatoms. The van der Waals surface area contributed by atoms with Crippen LogP contribution in [0.5, 0.6) is 5.75 Å². The third kappa shape index (κ3) is 3.67. The van der Waals surface area contributed by atoms with Crippen molar-refractivity contribution in [2.45, 2.75) is 31.1 Å². The highest BCUT2D eigenvalue weighted by molar-refractivity contribution is 5.89. The molecular weight excluding hydrogens is 386 g/mol. The molecule has 5 rings (SSSR count). The number of methoxy groups -OCH3 is 2. The van der Waals surface area contributed by atoms with Crippen molar-refractivity contribution in [3.63, 3.8) is 0 Å². The first-order valence-corrected chi connectivity index (χ1v) is 10.8. The minimum Gasteiger partial charge on any atom is -0.497 e. The van der Waals surface area contributed by atoms with Gasteiger partial charge in [0.25, 0.3) is 0 Å². The van der Waals surface area contributed by atoms with Gasteiger partial charge in [0.15, 0.2) is 0 Å². The van der Waals surface area contributed by atoms with Crippen LogP contribution >= 0.6 is 0 Å². The summed E-state index contributed by atoms with van der Waals surface area (Å²) in [6, 6.07) is 23.2. The number of carbonyl (C=O) groups is 1. The second-order valence-corrected chi connectivity index (χ2v) is 8.59. The third-order valence-electron chi connectivity index (χ3n) is 6.72. The molecule has 1 heterocycles. The predicted octanol–water partition coefficient (Wildman–Crippen LogP) is 5.45. The maximum Gasteiger partial charge on any atom is 0.337 e. The molecule has 2 aliphatic rings. The Morgan fingerprint density at radius 3 is 2.52 bits per heavy atom. The molecule has 1 aliphatic carbocycles. The monoisotopic (exact) mass is 413 g/mol. The minimum absolute atomic E-state index is 0.227. The van der Waals surface area contributed by atoms with E-state index in [1.165, 1.54) is 48.0 Å². The average Bonchev–Trinajstić information content (AvgIpc) is 3.48. The van der Waals surface area contributed by atoms with E-state index in [0.29, 0.717) is 5.56 Å². The fraction of sp³-hybridized carbons (Fsp3) is 0.296. The van der Waals surface area contributed by atoms with E-state index in [-0.39, 0.29) is 11.4 Å². The summed E-state index contributed by atoms with van der Waals surface area (Å²) in [6.45, 7) is 0.994. The van der Waals surface area contributed by atoms with Crippen LogP contribution in [0.1, 0.15) is 39.9 Å². The highest BCUT2D eigenvalue weighted by Gasteiger charge is 2.44. The predicted molar refractivity (Wildman–Crippen MR) is 123 cm³/mol. The van der Waals surface area contributed by atoms with Crippen molar-refractivity contribution in [1.82, 2.24) is 0 Å². The molecule has 31 heavy (non-hydrogen) atoms. The summed E-state index contributed by atoms with van der Waals surface area (Å²) in [7, 11) is 3.13. The summed E-state index contributed by atoms with van der Waals surface area (Å²) in [5.41, 5.74) is 7.44. The Labute approximate surface area is 183 Å². The zero-order valence-electron chi connectivity index (χ0n) is 18.1. The maximum absolute atomic E-state index is 11.7. The lowest BCUT2D eigenvalue weighted by atomic mass is 9.87. The first kappa shape index (κ1) is 19.7. The molecule has 0 amide bonds. The number of nitrogens with zero attached hydrogens (tertiary/aromatic N) is 1. The van der Waals surface area contributed by atoms with Gasteiger partial charge in [0, 0.05) is 24.0 Å². The quantitative estimate of drug-likeness (QED) is 0.504. The van der Waals surface area contributed by atoms with Crippen molar-refractivity contribution in [2.24, 2.45) is 0 Å². The summed E-state index contributed by atoms with van der Waals surface area (Å²) in [5.74, 6) is 0.601. The van der Waals surface area contributed by atoms with Gasteiger partial charge in [-0.25, -0.2) is 4.79 Å². The zero-order chi connectivity index (χ0) is 21.4. The zero-order valence-corrected chi connectivity index (χ0v) is 18.1. The molecule has 0 bridgehead atoms. The number of hydrogen-bond acceptors (Lipinski definition) is 4. The number of rotatable bonds is 6. The lowest BCUT2D eigenvalue weighted by Gasteiger charge is -2.22. The molecule has 0 aromatic heterocycles. The van der Waals surface area contributed by atoms with Crippen LogP contribution in [0.15, 0.2) is 66.7 Å². The number of esters is 1. The molecule has 0 N–H and O–H groups in total. The van der Waals surface area contributed by atoms with Crippen molar-refractivity contribution in [3.05, 3.63) is 89.0 Å². The average molecular weight is 414 g/mol. The van der Waals surface area contributed by atoms with Crippen molar-refractivity contribution < 1.29 is 14.3 Å². The lowest BCUT2D eigenvalue weighted by Crippen LogP contribution is -2.13. The number of fused-ring (bicyclic) bond motifs is 1. The molecule has 0 saturated heterocycles. The van der Waals surface area contributed by atoms with E-state index in [9.17, 15) is 4.79 Å². The van der Waals surface area contributed by atoms with Crippen LogP contribution in [0.4, 0.5) is 11.4 Å². The maximum atomic E-state index is 11.7. The molecule has 0 radical (unpaired) electrons. The first-order valence-electron chi connectivity index (χ1n) is 10.8. The Bertz CT molecular complexity index is 1120. The second-order valence-electron chi connectivity index (χ2n) is 8.59. The van der Waals surface area contributed by atoms with Gasteiger partial charge in [-0.15, -0.1) is 0 Å². The van der Waals surface area contributed by atoms with Gasteiger partial charge in [0.1, 0.15) is 5.75 Å². The van der Waals surface area contributed by atoms with Gasteiger partial charge in [0.2, 0.25) is 0 Å². The summed E-state index contributed by atoms with van der Waals surface area (Å²) >= 11 is 0. The normalized spacial score (nSPS) is 16.0. The van der Waals surface area contributed by atoms with Crippen LogP contribution in [0.2, 0.25) is 0 Å². The number of carbonyl (C=O) groups excluding carboxylic acids is 1. The van der Waals surface area contributed by atoms with E-state index < -0.39 is 0 Å². The Kier molecular flexibility index (Phi) is 4.93. The summed E-state index contributed by atoms with van der Waals surface area (Å²) in [5, 5.41) is 0. The van der Waals surface area contributed by atoms with E-state index in [1.54, 1.807) is 7.11 Å². The van der Waals surface area contributed by atoms with Crippen LogP contribution in [-0.4, -0.2) is 26.7 Å². The van der Waals surface area contributed by atoms with Crippen LogP contribution in [0.25, 0.3) is 0 Å². The number of anilines is 2. The fourth-order valence-electron chi connectivity index (χ4n) is 4.76. The molecule has 158 valence electrons. The van der Waals surface area contributed by atoms with E-state index in [4.69, 9.17) is 9.47 Å². The molecule has 4 nitrogen and oxygen atoms in total. The van der Waals surface area contributed by atoms with Gasteiger partial charge in [-0.3, -0.25) is 0 Å². The number of hydrogen-bond donors (Lipinski definition) is 0. The molecule has 3 aromatic rings. The Morgan fingerprint density at radius 2 is 1.81 bits per heavy atom. The van der Waals surface area contributed by atoms with Crippen molar-refractivity contribution in [1.29, 1.82) is 0 Å². The highest BCUT2D eigenvalue weighted by atomic mass is 16.5. The van der Waals surface area contributed by atoms with Gasteiger partial charge in [-0.1, -0.05) is 30.3 Å². The first-order chi connectivity index (χ1) is 15.1. The molecule has 0 atom stereocenters. The molecule has 1 aliphatic heterocycles. The standard InChI is InChI=1S/C27H27NO3/c1-30-24-5-3-4-23(17-24)28-15-12-21-16-22(10-11-25(21)28)27(13-14-27)18-19-6-8-20(9-7-19)26(29)31-2/h3-11,16-17H,12-15,18H2,1-2H3. The molecule has 1 fully saturated rings. The largest absolute Gasteiger partial charge is 0.497 e. The van der Waals surface area contributed by atoms with E-state index >= 15 is 0 Å². The van der Waals surface area contributed by atoms with Gasteiger partial charge in [0.05, 0.1) is 19.8 Å². The van der Waals surface area contributed by atoms with Crippen LogP contribution in [0.3, 0.4) is 0 Å². The summed E-state index contributed by atoms with van der Waals surface area (Å²) in [4.78, 5) is 14.1. The van der Waals surface area contributed by atoms with Gasteiger partial charge >= 0.3 is 5.97 Å². The SMILES string of the molecule is COC(=O)c1ccc(CC2(c3ccc4c(c3)CCN4c3cccc(OC)c3)CC2)cc1. The Balaban J connectivity index is 1.37. The molecule has 1 saturated carbocycles. The highest BCUT2D eigenvalue weighted by Crippen LogP contribution is 2.52. The van der Waals surface area contributed by atoms with Gasteiger partial charge in [-0.2, -0.15) is 0 Å². The van der Waals surface area contributed by atoms with E-state index in [2.05, 4.69) is 47.4 Å². The summed E-state index contributed by atoms with van der Waals surface area (Å²) in [6.07, 6.45) is 4.49. The summed E-state index contributed by atoms with van der Waals surface area (Å²) < 4.78 is 10.2. The smallest absolute Gasteiger partial charge is 0.337 e. The van der Waals surface area contributed by atoms with Crippen LogP contribution in [0, 0.1) is 0 Å². The Hall–Kier alpha value is -3.27. The van der Waals surface area contributed by atoms with Crippen LogP contribution < -0.4 is 9.64 Å². The van der Waals surface area contributed by atoms with Crippen LogP contribution in [-0.2, 0) is 23.0 Å². The Morgan fingerprint density at radius 1 is 1.00 bits per heavy atom. The topological polar surface area (TPSA) is 38.8 Å². The molecule has 0 spiro atoms. The lowest BCUT2D eigenvalue weighted by molar-refractivity contribution is 0.0600. The van der Waals surface area contributed by atoms with Crippen molar-refractivity contribution in [2.75, 3.05) is 25.7 Å². The van der Waals surface area contributed by atoms with Crippen molar-refractivity contribution in [3.8, 4) is 5.75 Å². The molecular formula is C27H27NO3.